The molecule has 0 saturated carbocycles. The van der Waals surface area contributed by atoms with Crippen molar-refractivity contribution in [1.29, 1.82) is 0 Å². The molecule has 12 heteroatoms. The molecule has 1 aromatic carbocycles. The Hall–Kier alpha value is -1.45. The zero-order chi connectivity index (χ0) is 26.0. The molecular formula is C25H41Cl4N5O3. The van der Waals surface area contributed by atoms with Crippen LogP contribution in [0.25, 0.3) is 11.0 Å². The zero-order valence-corrected chi connectivity index (χ0v) is 25.4. The van der Waals surface area contributed by atoms with Crippen molar-refractivity contribution in [3.63, 3.8) is 0 Å². The smallest absolute Gasteiger partial charge is 0.328 e. The summed E-state index contributed by atoms with van der Waals surface area (Å²) in [6.45, 7) is 7.48. The minimum Gasteiger partial charge on any atom is -0.464 e. The molecule has 2 N–H and O–H groups in total. The van der Waals surface area contributed by atoms with E-state index in [1.807, 2.05) is 20.9 Å². The van der Waals surface area contributed by atoms with Crippen LogP contribution in [0.1, 0.15) is 39.4 Å². The molecule has 2 unspecified atom stereocenters. The number of esters is 1. The number of rotatable bonds is 15. The largest absolute Gasteiger partial charge is 0.464 e. The van der Waals surface area contributed by atoms with Crippen LogP contribution in [0, 0.1) is 5.92 Å². The lowest BCUT2D eigenvalue weighted by atomic mass is 10.0. The van der Waals surface area contributed by atoms with Crippen molar-refractivity contribution in [2.24, 2.45) is 13.0 Å². The topological polar surface area (TPSA) is 88.5 Å². The number of fused-ring (bicyclic) bond motifs is 1. The number of imidazole rings is 1. The van der Waals surface area contributed by atoms with Crippen LogP contribution in [0.15, 0.2) is 18.2 Å². The Bertz CT molecular complexity index is 967. The van der Waals surface area contributed by atoms with Gasteiger partial charge < -0.3 is 24.8 Å². The number of benzene rings is 1. The highest BCUT2D eigenvalue weighted by atomic mass is 35.5. The summed E-state index contributed by atoms with van der Waals surface area (Å²) in [7, 11) is 3.73. The maximum absolute atomic E-state index is 13.0. The fourth-order valence-electron chi connectivity index (χ4n) is 4.11. The van der Waals surface area contributed by atoms with Gasteiger partial charge in [0, 0.05) is 44.0 Å². The molecule has 0 saturated heterocycles. The molecule has 8 nitrogen and oxygen atoms in total. The molecule has 1 aromatic heterocycles. The molecule has 0 aliphatic heterocycles. The molecule has 1 heterocycles. The van der Waals surface area contributed by atoms with Crippen molar-refractivity contribution in [3.8, 4) is 0 Å². The van der Waals surface area contributed by atoms with Crippen molar-refractivity contribution < 1.29 is 14.3 Å². The van der Waals surface area contributed by atoms with E-state index in [9.17, 15) is 9.59 Å². The van der Waals surface area contributed by atoms with E-state index in [2.05, 4.69) is 38.3 Å². The number of likely N-dealkylation sites (N-methyl/N-ethyl adjacent to an activating group) is 1. The SMILES string of the molecule is CCOC(=O)C(CC(C)C)NC(=O)C(CCc1nc2cc(N(CCCl)CCCl)ccc2n1C)NC.Cl.Cl. The van der Waals surface area contributed by atoms with E-state index in [0.29, 0.717) is 44.1 Å². The van der Waals surface area contributed by atoms with Crippen molar-refractivity contribution in [3.05, 3.63) is 24.0 Å². The third-order valence-electron chi connectivity index (χ3n) is 5.95. The molecule has 2 aromatic rings. The Balaban J connectivity index is 0.00000648. The summed E-state index contributed by atoms with van der Waals surface area (Å²) in [4.78, 5) is 32.3. The highest BCUT2D eigenvalue weighted by molar-refractivity contribution is 6.18. The molecule has 0 fully saturated rings. The van der Waals surface area contributed by atoms with Crippen molar-refractivity contribution in [1.82, 2.24) is 20.2 Å². The van der Waals surface area contributed by atoms with Gasteiger partial charge in [0.2, 0.25) is 5.91 Å². The number of nitrogens with zero attached hydrogens (tertiary/aromatic N) is 3. The van der Waals surface area contributed by atoms with Crippen LogP contribution < -0.4 is 15.5 Å². The summed E-state index contributed by atoms with van der Waals surface area (Å²) in [5.41, 5.74) is 2.94. The summed E-state index contributed by atoms with van der Waals surface area (Å²) in [5, 5.41) is 5.95. The second-order valence-electron chi connectivity index (χ2n) is 8.95. The standard InChI is InChI=1S/C25H39Cl2N5O3.2ClH/c1-6-35-25(34)21(15-17(2)3)30-24(33)19(28-4)8-10-23-29-20-16-18(7-9-22(20)31(23)5)32(13-11-26)14-12-27;;/h7,9,16-17,19,21,28H,6,8,10-15H2,1-5H3,(H,30,33);2*1H. The van der Waals surface area contributed by atoms with Crippen molar-refractivity contribution in [2.45, 2.75) is 52.1 Å². The molecule has 0 radical (unpaired) electrons. The number of alkyl halides is 2. The normalized spacial score (nSPS) is 12.4. The average Bonchev–Trinajstić information content (AvgIpc) is 3.13. The summed E-state index contributed by atoms with van der Waals surface area (Å²) < 4.78 is 7.20. The minimum absolute atomic E-state index is 0. The van der Waals surface area contributed by atoms with Crippen LogP contribution in [0.4, 0.5) is 5.69 Å². The highest BCUT2D eigenvalue weighted by Gasteiger charge is 2.27. The number of aromatic nitrogens is 2. The first kappa shape index (κ1) is 35.5. The third-order valence-corrected chi connectivity index (χ3v) is 6.29. The Labute approximate surface area is 243 Å². The van der Waals surface area contributed by atoms with Gasteiger partial charge in [-0.2, -0.15) is 0 Å². The van der Waals surface area contributed by atoms with E-state index in [-0.39, 0.29) is 43.2 Å². The second kappa shape index (κ2) is 17.9. The molecule has 0 bridgehead atoms. The predicted molar refractivity (Wildman–Crippen MR) is 158 cm³/mol. The quantitative estimate of drug-likeness (QED) is 0.234. The molecule has 2 atom stereocenters. The van der Waals surface area contributed by atoms with Gasteiger partial charge in [-0.25, -0.2) is 9.78 Å². The first-order valence-electron chi connectivity index (χ1n) is 12.2. The lowest BCUT2D eigenvalue weighted by Crippen LogP contribution is -2.50. The predicted octanol–water partition coefficient (Wildman–Crippen LogP) is 4.32. The minimum atomic E-state index is -0.656. The number of aryl methyl sites for hydroxylation is 2. The summed E-state index contributed by atoms with van der Waals surface area (Å²) >= 11 is 11.9. The first-order valence-corrected chi connectivity index (χ1v) is 13.3. The van der Waals surface area contributed by atoms with Gasteiger partial charge in [0.25, 0.3) is 0 Å². The van der Waals surface area contributed by atoms with E-state index in [0.717, 1.165) is 22.5 Å². The number of ether oxygens (including phenoxy) is 1. The number of hydrogen-bond acceptors (Lipinski definition) is 6. The summed E-state index contributed by atoms with van der Waals surface area (Å²) in [6, 6.07) is 5.04. The van der Waals surface area contributed by atoms with E-state index in [1.54, 1.807) is 14.0 Å². The van der Waals surface area contributed by atoms with E-state index in [1.165, 1.54) is 0 Å². The molecular weight excluding hydrogens is 560 g/mol. The number of anilines is 1. The summed E-state index contributed by atoms with van der Waals surface area (Å²) in [6.07, 6.45) is 1.66. The van der Waals surface area contributed by atoms with Crippen LogP contribution in [0.5, 0.6) is 0 Å². The number of hydrogen-bond donors (Lipinski definition) is 2. The van der Waals surface area contributed by atoms with Crippen molar-refractivity contribution in [2.75, 3.05) is 43.4 Å². The fourth-order valence-corrected chi connectivity index (χ4v) is 4.52. The highest BCUT2D eigenvalue weighted by Crippen LogP contribution is 2.23. The molecule has 0 aliphatic rings. The van der Waals surface area contributed by atoms with Crippen LogP contribution >= 0.6 is 48.0 Å². The number of nitrogens with one attached hydrogen (secondary N) is 2. The molecule has 37 heavy (non-hydrogen) atoms. The van der Waals surface area contributed by atoms with Crippen LogP contribution in [0.3, 0.4) is 0 Å². The van der Waals surface area contributed by atoms with E-state index in [4.69, 9.17) is 32.9 Å². The average molecular weight is 601 g/mol. The summed E-state index contributed by atoms with van der Waals surface area (Å²) in [5.74, 6) is 1.55. The molecule has 1 amide bonds. The molecule has 212 valence electrons. The maximum atomic E-state index is 13.0. The second-order valence-corrected chi connectivity index (χ2v) is 9.70. The lowest BCUT2D eigenvalue weighted by molar-refractivity contribution is -0.148. The van der Waals surface area contributed by atoms with Crippen LogP contribution in [0.2, 0.25) is 0 Å². The van der Waals surface area contributed by atoms with E-state index >= 15 is 0 Å². The maximum Gasteiger partial charge on any atom is 0.328 e. The van der Waals surface area contributed by atoms with Gasteiger partial charge in [-0.3, -0.25) is 4.79 Å². The number of carbonyl (C=O) groups excluding carboxylic acids is 2. The Kier molecular flexibility index (Phi) is 17.2. The number of halogens is 4. The monoisotopic (exact) mass is 599 g/mol. The third kappa shape index (κ3) is 10.3. The van der Waals surface area contributed by atoms with Gasteiger partial charge in [-0.05, 0) is 50.9 Å². The zero-order valence-electron chi connectivity index (χ0n) is 22.3. The van der Waals surface area contributed by atoms with Gasteiger partial charge in [0.05, 0.1) is 23.7 Å². The Morgan fingerprint density at radius 3 is 2.32 bits per heavy atom. The van der Waals surface area contributed by atoms with E-state index < -0.39 is 18.1 Å². The van der Waals surface area contributed by atoms with Crippen LogP contribution in [-0.2, 0) is 27.8 Å². The van der Waals surface area contributed by atoms with Gasteiger partial charge in [0.1, 0.15) is 11.9 Å². The Morgan fingerprint density at radius 1 is 1.14 bits per heavy atom. The first-order chi connectivity index (χ1) is 16.7. The fraction of sp³-hybridized carbons (Fsp3) is 0.640. The van der Waals surface area contributed by atoms with Gasteiger partial charge >= 0.3 is 5.97 Å². The molecule has 2 rings (SSSR count). The van der Waals surface area contributed by atoms with Crippen LogP contribution in [-0.4, -0.2) is 72.0 Å². The Morgan fingerprint density at radius 2 is 1.78 bits per heavy atom. The molecule has 0 aliphatic carbocycles. The molecule has 0 spiro atoms. The lowest BCUT2D eigenvalue weighted by Gasteiger charge is -2.22. The van der Waals surface area contributed by atoms with Crippen molar-refractivity contribution >= 4 is 76.6 Å². The van der Waals surface area contributed by atoms with Gasteiger partial charge in [-0.1, -0.05) is 13.8 Å². The van der Waals surface area contributed by atoms with Gasteiger partial charge in [-0.15, -0.1) is 48.0 Å². The number of carbonyl (C=O) groups is 2. The number of amides is 1. The van der Waals surface area contributed by atoms with Gasteiger partial charge in [0.15, 0.2) is 0 Å².